The maximum atomic E-state index is 8.75. The Bertz CT molecular complexity index is 1790. The first-order chi connectivity index (χ1) is 18.2. The molecule has 0 aliphatic heterocycles. The van der Waals surface area contributed by atoms with Gasteiger partial charge in [0.05, 0.1) is 12.3 Å². The van der Waals surface area contributed by atoms with Crippen molar-refractivity contribution in [2.75, 3.05) is 0 Å². The van der Waals surface area contributed by atoms with E-state index in [4.69, 9.17) is 12.3 Å². The molecule has 0 unspecified atom stereocenters. The van der Waals surface area contributed by atoms with Crippen molar-refractivity contribution >= 4 is 31.5 Å². The van der Waals surface area contributed by atoms with E-state index in [1.807, 2.05) is 45.0 Å². The molecular weight excluding hydrogens is 380 g/mol. The maximum Gasteiger partial charge on any atom is 0.0629 e. The first kappa shape index (κ1) is 11.5. The van der Waals surface area contributed by atoms with Crippen molar-refractivity contribution in [1.82, 2.24) is 0 Å². The summed E-state index contributed by atoms with van der Waals surface area (Å²) in [5.74, 6) is 0. The second-order valence-corrected chi connectivity index (χ2v) is 9.48. The lowest BCUT2D eigenvalue weighted by Gasteiger charge is -2.25. The molecule has 0 radical (unpaired) electrons. The fourth-order valence-electron chi connectivity index (χ4n) is 4.00. The highest BCUT2D eigenvalue weighted by atomic mass is 32.1. The molecule has 0 spiro atoms. The van der Waals surface area contributed by atoms with E-state index in [0.29, 0.717) is 11.1 Å². The van der Waals surface area contributed by atoms with Gasteiger partial charge in [-0.05, 0) is 52.3 Å². The van der Waals surface area contributed by atoms with Crippen LogP contribution in [0, 0.1) is 6.92 Å². The van der Waals surface area contributed by atoms with Crippen molar-refractivity contribution in [2.45, 2.75) is 33.1 Å². The molecule has 0 N–H and O–H groups in total. The van der Waals surface area contributed by atoms with Gasteiger partial charge in [0.15, 0.2) is 0 Å². The van der Waals surface area contributed by atoms with Crippen molar-refractivity contribution in [3.63, 3.8) is 0 Å². The average molecular weight is 416 g/mol. The Labute approximate surface area is 195 Å². The highest BCUT2D eigenvalue weighted by molar-refractivity contribution is 7.26. The summed E-state index contributed by atoms with van der Waals surface area (Å²) < 4.78 is 77.9. The molecule has 0 saturated heterocycles. The molecule has 0 fully saturated rings. The van der Waals surface area contributed by atoms with E-state index in [2.05, 4.69) is 0 Å². The van der Waals surface area contributed by atoms with E-state index in [1.165, 1.54) is 11.3 Å². The van der Waals surface area contributed by atoms with E-state index >= 15 is 0 Å². The third-order valence-electron chi connectivity index (χ3n) is 5.20. The minimum atomic E-state index is -0.510. The molecule has 0 amide bonds. The highest BCUT2D eigenvalue weighted by Crippen LogP contribution is 2.47. The Kier molecular flexibility index (Phi) is 2.72. The van der Waals surface area contributed by atoms with Crippen molar-refractivity contribution in [3.05, 3.63) is 95.8 Å². The second-order valence-electron chi connectivity index (χ2n) is 8.39. The SMILES string of the molecule is [2H]c1c([2H])c([2H])c(-c2cccc3sc4ccc(-c5c([2H])c([2H])c(C)c([2H])c5[2H])c(C(C)(C)C)c4c23)c([2H])c1[2H]. The molecular formula is C29H26S. The zero-order chi connectivity index (χ0) is 28.7. The Morgan fingerprint density at radius 2 is 1.37 bits per heavy atom. The molecule has 30 heavy (non-hydrogen) atoms. The van der Waals surface area contributed by atoms with E-state index in [1.54, 1.807) is 13.0 Å². The van der Waals surface area contributed by atoms with Gasteiger partial charge in [-0.1, -0.05) is 98.9 Å². The summed E-state index contributed by atoms with van der Waals surface area (Å²) >= 11 is 1.52. The van der Waals surface area contributed by atoms with Gasteiger partial charge in [0, 0.05) is 20.2 Å². The van der Waals surface area contributed by atoms with E-state index < -0.39 is 23.5 Å². The van der Waals surface area contributed by atoms with Crippen molar-refractivity contribution in [3.8, 4) is 22.3 Å². The molecule has 5 aromatic rings. The van der Waals surface area contributed by atoms with Crippen LogP contribution in [0.25, 0.3) is 42.4 Å². The quantitative estimate of drug-likeness (QED) is 0.270. The topological polar surface area (TPSA) is 0 Å². The number of benzene rings is 4. The smallest absolute Gasteiger partial charge is 0.0629 e. The summed E-state index contributed by atoms with van der Waals surface area (Å²) in [6, 6.07) is 7.09. The van der Waals surface area contributed by atoms with Crippen LogP contribution >= 0.6 is 11.3 Å². The predicted octanol–water partition coefficient (Wildman–Crippen LogP) is 8.99. The fourth-order valence-corrected chi connectivity index (χ4v) is 5.14. The molecule has 1 heterocycles. The third-order valence-corrected chi connectivity index (χ3v) is 6.32. The monoisotopic (exact) mass is 415 g/mol. The van der Waals surface area contributed by atoms with Crippen LogP contribution in [0.4, 0.5) is 0 Å². The molecule has 0 atom stereocenters. The van der Waals surface area contributed by atoms with Crippen LogP contribution in [-0.2, 0) is 5.41 Å². The number of thiophene rings is 1. The van der Waals surface area contributed by atoms with Crippen LogP contribution in [0.3, 0.4) is 0 Å². The van der Waals surface area contributed by atoms with Crippen molar-refractivity contribution < 1.29 is 12.3 Å². The standard InChI is InChI=1S/C29H26S/c1-19-13-15-21(16-14-19)23-17-18-25-27(28(23)29(2,3)4)26-22(11-8-12-24(26)30-25)20-9-6-5-7-10-20/h5-18H,1-4H3/i5D,6D,7D,9D,10D,13D,14D,15D,16D. The van der Waals surface area contributed by atoms with Crippen LogP contribution < -0.4 is 0 Å². The van der Waals surface area contributed by atoms with Gasteiger partial charge in [-0.15, -0.1) is 11.3 Å². The minimum absolute atomic E-state index is 0.0825. The summed E-state index contributed by atoms with van der Waals surface area (Å²) in [5.41, 5.74) is 2.04. The van der Waals surface area contributed by atoms with Gasteiger partial charge in [0.1, 0.15) is 0 Å². The number of hydrogen-bond donors (Lipinski definition) is 0. The Balaban J connectivity index is 2.03. The van der Waals surface area contributed by atoms with E-state index in [-0.39, 0.29) is 52.9 Å². The lowest BCUT2D eigenvalue weighted by atomic mass is 9.78. The van der Waals surface area contributed by atoms with E-state index in [0.717, 1.165) is 25.7 Å². The van der Waals surface area contributed by atoms with Crippen molar-refractivity contribution in [2.24, 2.45) is 0 Å². The Hall–Kier alpha value is -2.90. The van der Waals surface area contributed by atoms with Gasteiger partial charge in [-0.2, -0.15) is 0 Å². The van der Waals surface area contributed by atoms with Gasteiger partial charge < -0.3 is 0 Å². The molecule has 0 aliphatic carbocycles. The van der Waals surface area contributed by atoms with Gasteiger partial charge in [0.2, 0.25) is 0 Å². The first-order valence-corrected chi connectivity index (χ1v) is 10.6. The first-order valence-electron chi connectivity index (χ1n) is 14.3. The lowest BCUT2D eigenvalue weighted by Crippen LogP contribution is -2.13. The molecule has 0 nitrogen and oxygen atoms in total. The number of fused-ring (bicyclic) bond motifs is 3. The maximum absolute atomic E-state index is 8.75. The van der Waals surface area contributed by atoms with Crippen LogP contribution in [0.1, 0.15) is 44.2 Å². The summed E-state index contributed by atoms with van der Waals surface area (Å²) in [6.45, 7) is 7.64. The normalized spacial score (nSPS) is 16.2. The van der Waals surface area contributed by atoms with Crippen molar-refractivity contribution in [1.29, 1.82) is 0 Å². The molecule has 148 valence electrons. The molecule has 4 aromatic carbocycles. The molecule has 0 aliphatic rings. The van der Waals surface area contributed by atoms with Crippen LogP contribution in [0.5, 0.6) is 0 Å². The summed E-state index contributed by atoms with van der Waals surface area (Å²) in [5, 5.41) is 1.56. The molecule has 0 bridgehead atoms. The van der Waals surface area contributed by atoms with E-state index in [9.17, 15) is 0 Å². The Morgan fingerprint density at radius 1 is 0.700 bits per heavy atom. The number of hydrogen-bond acceptors (Lipinski definition) is 1. The summed E-state index contributed by atoms with van der Waals surface area (Å²) in [6.07, 6.45) is 0. The molecule has 0 saturated carbocycles. The summed E-state index contributed by atoms with van der Waals surface area (Å²) in [7, 11) is 0. The van der Waals surface area contributed by atoms with Gasteiger partial charge in [-0.25, -0.2) is 0 Å². The zero-order valence-electron chi connectivity index (χ0n) is 26.3. The fraction of sp³-hybridized carbons (Fsp3) is 0.172. The molecule has 1 aromatic heterocycles. The number of rotatable bonds is 2. The largest absolute Gasteiger partial charge is 0.135 e. The Morgan fingerprint density at radius 3 is 2.07 bits per heavy atom. The minimum Gasteiger partial charge on any atom is -0.135 e. The lowest BCUT2D eigenvalue weighted by molar-refractivity contribution is 0.598. The molecule has 1 heteroatoms. The zero-order valence-corrected chi connectivity index (χ0v) is 18.1. The predicted molar refractivity (Wildman–Crippen MR) is 134 cm³/mol. The molecule has 5 rings (SSSR count). The second kappa shape index (κ2) is 7.11. The highest BCUT2D eigenvalue weighted by Gasteiger charge is 2.25. The van der Waals surface area contributed by atoms with Crippen LogP contribution in [0.2, 0.25) is 0 Å². The van der Waals surface area contributed by atoms with Gasteiger partial charge in [0.25, 0.3) is 0 Å². The van der Waals surface area contributed by atoms with Gasteiger partial charge >= 0.3 is 0 Å². The third kappa shape index (κ3) is 3.14. The van der Waals surface area contributed by atoms with Crippen LogP contribution in [0.15, 0.2) is 84.7 Å². The van der Waals surface area contributed by atoms with Gasteiger partial charge in [-0.3, -0.25) is 0 Å². The average Bonchev–Trinajstić information content (AvgIpc) is 3.27. The van der Waals surface area contributed by atoms with Crippen LogP contribution in [-0.4, -0.2) is 0 Å². The summed E-state index contributed by atoms with van der Waals surface area (Å²) in [4.78, 5) is 0.